The van der Waals surface area contributed by atoms with E-state index in [2.05, 4.69) is 43.3 Å². The molecule has 0 fully saturated rings. The van der Waals surface area contributed by atoms with Crippen molar-refractivity contribution in [1.29, 1.82) is 0 Å². The number of phenols is 1. The molecule has 0 unspecified atom stereocenters. The van der Waals surface area contributed by atoms with Crippen LogP contribution in [0.2, 0.25) is 0 Å². The molecule has 1 N–H and O–H groups in total. The summed E-state index contributed by atoms with van der Waals surface area (Å²) in [6.07, 6.45) is 4.49. The third-order valence-electron chi connectivity index (χ3n) is 7.62. The Balaban J connectivity index is 1.47. The Kier molecular flexibility index (Phi) is 9.03. The Labute approximate surface area is 258 Å². The van der Waals surface area contributed by atoms with E-state index in [0.29, 0.717) is 35.4 Å². The van der Waals surface area contributed by atoms with Gasteiger partial charge in [0.1, 0.15) is 11.5 Å². The number of ether oxygens (including phenoxy) is 1. The Hall–Kier alpha value is -5.29. The molecule has 218 valence electrons. The molecule has 0 saturated carbocycles. The van der Waals surface area contributed by atoms with Crippen LogP contribution < -0.4 is 4.74 Å². The summed E-state index contributed by atoms with van der Waals surface area (Å²) in [5.41, 5.74) is 6.45. The first-order chi connectivity index (χ1) is 21.7. The fourth-order valence-electron chi connectivity index (χ4n) is 5.34. The second-order valence-corrected chi connectivity index (χ2v) is 10.7. The largest absolute Gasteiger partial charge is 0.507 e. The van der Waals surface area contributed by atoms with Crippen LogP contribution in [0.25, 0.3) is 56.4 Å². The van der Waals surface area contributed by atoms with Gasteiger partial charge in [0.05, 0.1) is 12.2 Å². The molecule has 5 nitrogen and oxygen atoms in total. The van der Waals surface area contributed by atoms with Crippen molar-refractivity contribution >= 4 is 0 Å². The number of phenolic OH excluding ortho intramolecular Hbond substituents is 1. The molecule has 44 heavy (non-hydrogen) atoms. The van der Waals surface area contributed by atoms with E-state index in [9.17, 15) is 5.11 Å². The SMILES string of the molecule is CCCCCCOc1ccc(-c2nc(-c3ccccc3-c3ccccc3)nc(-c3ccccc3-c3ccccc3)n2)c(O)c1. The van der Waals surface area contributed by atoms with Crippen LogP contribution in [0.15, 0.2) is 127 Å². The lowest BCUT2D eigenvalue weighted by molar-refractivity contribution is 0.303. The zero-order valence-corrected chi connectivity index (χ0v) is 24.9. The molecule has 0 spiro atoms. The third kappa shape index (κ3) is 6.52. The van der Waals surface area contributed by atoms with Gasteiger partial charge in [-0.3, -0.25) is 0 Å². The highest BCUT2D eigenvalue weighted by Crippen LogP contribution is 2.37. The maximum Gasteiger partial charge on any atom is 0.167 e. The molecule has 6 rings (SSSR count). The molecular formula is C39H35N3O2. The van der Waals surface area contributed by atoms with Gasteiger partial charge in [-0.15, -0.1) is 0 Å². The van der Waals surface area contributed by atoms with Crippen LogP contribution in [0, 0.1) is 0 Å². The zero-order valence-electron chi connectivity index (χ0n) is 24.9. The predicted octanol–water partition coefficient (Wildman–Crippen LogP) is 9.87. The minimum Gasteiger partial charge on any atom is -0.507 e. The number of benzene rings is 5. The second-order valence-electron chi connectivity index (χ2n) is 10.7. The highest BCUT2D eigenvalue weighted by Gasteiger charge is 2.19. The van der Waals surface area contributed by atoms with Crippen molar-refractivity contribution < 1.29 is 9.84 Å². The van der Waals surface area contributed by atoms with E-state index in [4.69, 9.17) is 19.7 Å². The lowest BCUT2D eigenvalue weighted by atomic mass is 9.98. The Morgan fingerprint density at radius 1 is 0.500 bits per heavy atom. The summed E-state index contributed by atoms with van der Waals surface area (Å²) >= 11 is 0. The quantitative estimate of drug-likeness (QED) is 0.155. The molecule has 6 aromatic rings. The van der Waals surface area contributed by atoms with Crippen LogP contribution in [0.5, 0.6) is 11.5 Å². The minimum absolute atomic E-state index is 0.0619. The van der Waals surface area contributed by atoms with Crippen LogP contribution in [-0.2, 0) is 0 Å². The van der Waals surface area contributed by atoms with Gasteiger partial charge in [0, 0.05) is 17.2 Å². The standard InChI is InChI=1S/C39H35N3O2/c1-2-3-4-15-26-44-30-24-25-35(36(43)27-30)39-41-37(33-22-13-11-20-31(33)28-16-7-5-8-17-28)40-38(42-39)34-23-14-12-21-32(34)29-18-9-6-10-19-29/h5-14,16-25,27,43H,2-4,15,26H2,1H3. The van der Waals surface area contributed by atoms with E-state index < -0.39 is 0 Å². The average Bonchev–Trinajstić information content (AvgIpc) is 3.09. The molecule has 0 aliphatic heterocycles. The summed E-state index contributed by atoms with van der Waals surface area (Å²) in [6, 6.07) is 42.0. The monoisotopic (exact) mass is 577 g/mol. The van der Waals surface area contributed by atoms with Crippen molar-refractivity contribution in [3.05, 3.63) is 127 Å². The first-order valence-electron chi connectivity index (χ1n) is 15.2. The molecule has 0 saturated heterocycles. The number of aromatic hydroxyl groups is 1. The fraction of sp³-hybridized carbons (Fsp3) is 0.154. The molecule has 0 aliphatic carbocycles. The van der Waals surface area contributed by atoms with Crippen LogP contribution >= 0.6 is 0 Å². The highest BCUT2D eigenvalue weighted by atomic mass is 16.5. The molecule has 1 aromatic heterocycles. The van der Waals surface area contributed by atoms with E-state index in [-0.39, 0.29) is 5.75 Å². The van der Waals surface area contributed by atoms with E-state index in [1.54, 1.807) is 6.07 Å². The van der Waals surface area contributed by atoms with Crippen LogP contribution in [0.4, 0.5) is 0 Å². The van der Waals surface area contributed by atoms with Crippen molar-refractivity contribution in [2.45, 2.75) is 32.6 Å². The Bertz CT molecular complexity index is 1740. The molecule has 0 bridgehead atoms. The number of hydrogen-bond donors (Lipinski definition) is 1. The molecular weight excluding hydrogens is 542 g/mol. The van der Waals surface area contributed by atoms with Crippen molar-refractivity contribution in [3.8, 4) is 67.9 Å². The van der Waals surface area contributed by atoms with Gasteiger partial charge in [-0.25, -0.2) is 15.0 Å². The lowest BCUT2D eigenvalue weighted by Gasteiger charge is -2.14. The number of unbranched alkanes of at least 4 members (excludes halogenated alkanes) is 3. The van der Waals surface area contributed by atoms with E-state index in [1.165, 1.54) is 12.8 Å². The maximum atomic E-state index is 11.2. The Morgan fingerprint density at radius 3 is 1.48 bits per heavy atom. The summed E-state index contributed by atoms with van der Waals surface area (Å²) in [4.78, 5) is 15.0. The van der Waals surface area contributed by atoms with Gasteiger partial charge in [0.2, 0.25) is 0 Å². The van der Waals surface area contributed by atoms with E-state index >= 15 is 0 Å². The number of hydrogen-bond acceptors (Lipinski definition) is 5. The highest BCUT2D eigenvalue weighted by molar-refractivity contribution is 5.84. The van der Waals surface area contributed by atoms with Gasteiger partial charge < -0.3 is 9.84 Å². The summed E-state index contributed by atoms with van der Waals surface area (Å²) in [7, 11) is 0. The molecule has 0 radical (unpaired) electrons. The van der Waals surface area contributed by atoms with Gasteiger partial charge >= 0.3 is 0 Å². The van der Waals surface area contributed by atoms with Gasteiger partial charge in [0.15, 0.2) is 17.5 Å². The Morgan fingerprint density at radius 2 is 0.977 bits per heavy atom. The minimum atomic E-state index is 0.0619. The normalized spacial score (nSPS) is 10.9. The van der Waals surface area contributed by atoms with Crippen LogP contribution in [0.3, 0.4) is 0 Å². The molecule has 0 atom stereocenters. The molecule has 1 heterocycles. The molecule has 0 aliphatic rings. The second kappa shape index (κ2) is 13.8. The number of rotatable bonds is 11. The topological polar surface area (TPSA) is 68.1 Å². The van der Waals surface area contributed by atoms with Crippen LogP contribution in [-0.4, -0.2) is 26.7 Å². The number of nitrogens with zero attached hydrogens (tertiary/aromatic N) is 3. The summed E-state index contributed by atoms with van der Waals surface area (Å²) < 4.78 is 5.93. The third-order valence-corrected chi connectivity index (χ3v) is 7.62. The van der Waals surface area contributed by atoms with Crippen molar-refractivity contribution in [2.75, 3.05) is 6.61 Å². The van der Waals surface area contributed by atoms with E-state index in [1.807, 2.05) is 84.9 Å². The van der Waals surface area contributed by atoms with Crippen molar-refractivity contribution in [1.82, 2.24) is 15.0 Å². The van der Waals surface area contributed by atoms with Crippen molar-refractivity contribution in [2.24, 2.45) is 0 Å². The first kappa shape index (κ1) is 28.8. The maximum absolute atomic E-state index is 11.2. The predicted molar refractivity (Wildman–Crippen MR) is 178 cm³/mol. The van der Waals surface area contributed by atoms with Gasteiger partial charge in [-0.05, 0) is 40.8 Å². The molecule has 5 aromatic carbocycles. The van der Waals surface area contributed by atoms with Gasteiger partial charge in [-0.1, -0.05) is 135 Å². The molecule has 0 amide bonds. The smallest absolute Gasteiger partial charge is 0.167 e. The van der Waals surface area contributed by atoms with Gasteiger partial charge in [-0.2, -0.15) is 0 Å². The average molecular weight is 578 g/mol. The first-order valence-corrected chi connectivity index (χ1v) is 15.2. The summed E-state index contributed by atoms with van der Waals surface area (Å²) in [5.74, 6) is 2.14. The molecule has 5 heteroatoms. The van der Waals surface area contributed by atoms with Crippen molar-refractivity contribution in [3.63, 3.8) is 0 Å². The van der Waals surface area contributed by atoms with Crippen LogP contribution in [0.1, 0.15) is 32.6 Å². The van der Waals surface area contributed by atoms with Gasteiger partial charge in [0.25, 0.3) is 0 Å². The lowest BCUT2D eigenvalue weighted by Crippen LogP contribution is -2.02. The summed E-state index contributed by atoms with van der Waals surface area (Å²) in [5, 5.41) is 11.2. The fourth-order valence-corrected chi connectivity index (χ4v) is 5.34. The summed E-state index contributed by atoms with van der Waals surface area (Å²) in [6.45, 7) is 2.81. The van der Waals surface area contributed by atoms with E-state index in [0.717, 1.165) is 46.2 Å². The zero-order chi connectivity index (χ0) is 30.1. The number of aromatic nitrogens is 3.